The van der Waals surface area contributed by atoms with Crippen molar-refractivity contribution in [3.05, 3.63) is 23.3 Å². The van der Waals surface area contributed by atoms with Crippen LogP contribution in [0.2, 0.25) is 0 Å². The maximum atomic E-state index is 12.2. The summed E-state index contributed by atoms with van der Waals surface area (Å²) in [4.78, 5) is 13.6. The molecule has 0 radical (unpaired) electrons. The number of amides is 1. The number of quaternary nitrogens is 1. The van der Waals surface area contributed by atoms with Gasteiger partial charge >= 0.3 is 0 Å². The molecule has 0 bridgehead atoms. The second-order valence-corrected chi connectivity index (χ2v) is 6.90. The quantitative estimate of drug-likeness (QED) is 0.819. The van der Waals surface area contributed by atoms with Gasteiger partial charge in [-0.25, -0.2) is 0 Å². The Morgan fingerprint density at radius 2 is 2.12 bits per heavy atom. The van der Waals surface area contributed by atoms with Crippen LogP contribution in [0.4, 0.5) is 0 Å². The van der Waals surface area contributed by atoms with Crippen molar-refractivity contribution < 1.29 is 19.2 Å². The van der Waals surface area contributed by atoms with Gasteiger partial charge in [0.05, 0.1) is 19.7 Å². The molecular formula is C19H29N2O3+. The monoisotopic (exact) mass is 333 g/mol. The van der Waals surface area contributed by atoms with Gasteiger partial charge in [0.15, 0.2) is 6.54 Å². The highest BCUT2D eigenvalue weighted by molar-refractivity contribution is 5.76. The lowest BCUT2D eigenvalue weighted by atomic mass is 10.1. The third-order valence-electron chi connectivity index (χ3n) is 4.83. The van der Waals surface area contributed by atoms with Crippen molar-refractivity contribution in [1.82, 2.24) is 5.32 Å². The molecule has 2 heterocycles. The van der Waals surface area contributed by atoms with Gasteiger partial charge in [-0.1, -0.05) is 0 Å². The second kappa shape index (κ2) is 7.88. The molecule has 2 N–H and O–H groups in total. The normalized spacial score (nSPS) is 20.3. The van der Waals surface area contributed by atoms with Gasteiger partial charge < -0.3 is 19.7 Å². The molecular weight excluding hydrogens is 304 g/mol. The summed E-state index contributed by atoms with van der Waals surface area (Å²) in [5, 5.41) is 3.05. The first-order valence-electron chi connectivity index (χ1n) is 9.21. The third kappa shape index (κ3) is 4.20. The fourth-order valence-corrected chi connectivity index (χ4v) is 3.62. The van der Waals surface area contributed by atoms with Gasteiger partial charge in [-0.05, 0) is 45.2 Å². The summed E-state index contributed by atoms with van der Waals surface area (Å²) in [5.41, 5.74) is 2.19. The van der Waals surface area contributed by atoms with Crippen molar-refractivity contribution in [3.8, 4) is 11.5 Å². The van der Waals surface area contributed by atoms with Crippen molar-refractivity contribution in [3.63, 3.8) is 0 Å². The predicted octanol–water partition coefficient (Wildman–Crippen LogP) is 1.09. The van der Waals surface area contributed by atoms with E-state index in [1.54, 1.807) is 0 Å². The molecule has 0 aromatic heterocycles. The highest BCUT2D eigenvalue weighted by Gasteiger charge is 2.22. The smallest absolute Gasteiger partial charge is 0.275 e. The Labute approximate surface area is 144 Å². The highest BCUT2D eigenvalue weighted by Crippen LogP contribution is 2.35. The Hall–Kier alpha value is -1.75. The van der Waals surface area contributed by atoms with Crippen molar-refractivity contribution >= 4 is 5.91 Å². The lowest BCUT2D eigenvalue weighted by molar-refractivity contribution is -0.896. The first-order valence-corrected chi connectivity index (χ1v) is 9.21. The zero-order valence-corrected chi connectivity index (χ0v) is 14.8. The van der Waals surface area contributed by atoms with Crippen LogP contribution in [0, 0.1) is 0 Å². The van der Waals surface area contributed by atoms with Crippen LogP contribution >= 0.6 is 0 Å². The van der Waals surface area contributed by atoms with Crippen LogP contribution in [0.1, 0.15) is 44.2 Å². The number of hydrogen-bond donors (Lipinski definition) is 2. The lowest BCUT2D eigenvalue weighted by Crippen LogP contribution is -3.13. The van der Waals surface area contributed by atoms with Gasteiger partial charge in [0, 0.05) is 24.1 Å². The molecule has 1 amide bonds. The largest absolute Gasteiger partial charge is 0.494 e. The number of ether oxygens (including phenoxy) is 2. The molecule has 1 fully saturated rings. The van der Waals surface area contributed by atoms with E-state index in [1.807, 2.05) is 13.0 Å². The number of likely N-dealkylation sites (tertiary alicyclic amines) is 1. The predicted molar refractivity (Wildman–Crippen MR) is 92.7 cm³/mol. The molecule has 0 unspecified atom stereocenters. The first-order chi connectivity index (χ1) is 11.7. The van der Waals surface area contributed by atoms with Gasteiger partial charge in [0.1, 0.15) is 17.6 Å². The molecule has 1 atom stereocenters. The average Bonchev–Trinajstić information content (AvgIpc) is 2.93. The van der Waals surface area contributed by atoms with Crippen molar-refractivity contribution in [2.45, 2.75) is 52.2 Å². The molecule has 0 saturated carbocycles. The summed E-state index contributed by atoms with van der Waals surface area (Å²) in [6, 6.07) is 4.09. The number of fused-ring (bicyclic) bond motifs is 1. The van der Waals surface area contributed by atoms with Crippen LogP contribution in [-0.2, 0) is 17.8 Å². The summed E-state index contributed by atoms with van der Waals surface area (Å²) in [5.74, 6) is 1.90. The summed E-state index contributed by atoms with van der Waals surface area (Å²) in [6.45, 7) is 7.96. The summed E-state index contributed by atoms with van der Waals surface area (Å²) in [7, 11) is 0. The van der Waals surface area contributed by atoms with Gasteiger partial charge in [-0.3, -0.25) is 4.79 Å². The number of benzene rings is 1. The molecule has 3 rings (SSSR count). The Bertz CT molecular complexity index is 582. The molecule has 1 aromatic rings. The van der Waals surface area contributed by atoms with Gasteiger partial charge in [-0.2, -0.15) is 0 Å². The molecule has 5 heteroatoms. The minimum Gasteiger partial charge on any atom is -0.494 e. The highest BCUT2D eigenvalue weighted by atomic mass is 16.5. The molecule has 0 aliphatic carbocycles. The standard InChI is InChI=1S/C19H28N2O3/c1-3-23-17-10-15-9-14(2)24-18(15)11-16(17)12-20-19(22)13-21-7-5-4-6-8-21/h10-11,14H,3-9,12-13H2,1-2H3,(H,20,22)/p+1/t14-/m1/s1. The summed E-state index contributed by atoms with van der Waals surface area (Å²) >= 11 is 0. The van der Waals surface area contributed by atoms with Crippen molar-refractivity contribution in [2.75, 3.05) is 26.2 Å². The number of rotatable bonds is 6. The Balaban J connectivity index is 1.61. The van der Waals surface area contributed by atoms with E-state index in [1.165, 1.54) is 29.7 Å². The average molecular weight is 333 g/mol. The minimum absolute atomic E-state index is 0.115. The van der Waals surface area contributed by atoms with Crippen LogP contribution in [0.3, 0.4) is 0 Å². The zero-order chi connectivity index (χ0) is 16.9. The van der Waals surface area contributed by atoms with Crippen molar-refractivity contribution in [2.24, 2.45) is 0 Å². The number of nitrogens with one attached hydrogen (secondary N) is 2. The van der Waals surface area contributed by atoms with Gasteiger partial charge in [0.25, 0.3) is 5.91 Å². The molecule has 132 valence electrons. The van der Waals surface area contributed by atoms with E-state index in [9.17, 15) is 4.79 Å². The summed E-state index contributed by atoms with van der Waals surface area (Å²) < 4.78 is 11.6. The minimum atomic E-state index is 0.115. The number of carbonyl (C=O) groups is 1. The fraction of sp³-hybridized carbons (Fsp3) is 0.632. The van der Waals surface area contributed by atoms with Crippen LogP contribution in [0.25, 0.3) is 0 Å². The zero-order valence-electron chi connectivity index (χ0n) is 14.8. The topological polar surface area (TPSA) is 52.0 Å². The second-order valence-electron chi connectivity index (χ2n) is 6.90. The molecule has 1 saturated heterocycles. The van der Waals surface area contributed by atoms with Crippen LogP contribution in [-0.4, -0.2) is 38.3 Å². The fourth-order valence-electron chi connectivity index (χ4n) is 3.62. The Kier molecular flexibility index (Phi) is 5.61. The van der Waals surface area contributed by atoms with Crippen LogP contribution < -0.4 is 19.7 Å². The van der Waals surface area contributed by atoms with Crippen molar-refractivity contribution in [1.29, 1.82) is 0 Å². The Morgan fingerprint density at radius 1 is 1.33 bits per heavy atom. The SMILES string of the molecule is CCOc1cc2c(cc1CNC(=O)C[NH+]1CCCCC1)O[C@H](C)C2. The molecule has 5 nitrogen and oxygen atoms in total. The first kappa shape index (κ1) is 17.1. The van der Waals surface area contributed by atoms with E-state index < -0.39 is 0 Å². The maximum absolute atomic E-state index is 12.2. The molecule has 24 heavy (non-hydrogen) atoms. The van der Waals surface area contributed by atoms with E-state index in [4.69, 9.17) is 9.47 Å². The van der Waals surface area contributed by atoms with Crippen LogP contribution in [0.5, 0.6) is 11.5 Å². The van der Waals surface area contributed by atoms with Gasteiger partial charge in [-0.15, -0.1) is 0 Å². The Morgan fingerprint density at radius 3 is 2.88 bits per heavy atom. The van der Waals surface area contributed by atoms with E-state index in [0.29, 0.717) is 19.7 Å². The molecule has 1 aromatic carbocycles. The van der Waals surface area contributed by atoms with Gasteiger partial charge in [0.2, 0.25) is 0 Å². The molecule has 2 aliphatic heterocycles. The number of piperidine rings is 1. The third-order valence-corrected chi connectivity index (χ3v) is 4.83. The number of hydrogen-bond acceptors (Lipinski definition) is 3. The molecule has 2 aliphatic rings. The lowest BCUT2D eigenvalue weighted by Gasteiger charge is -2.23. The van der Waals surface area contributed by atoms with Crippen LogP contribution in [0.15, 0.2) is 12.1 Å². The van der Waals surface area contributed by atoms with E-state index >= 15 is 0 Å². The number of carbonyl (C=O) groups excluding carboxylic acids is 1. The van der Waals surface area contributed by atoms with E-state index in [2.05, 4.69) is 18.3 Å². The summed E-state index contributed by atoms with van der Waals surface area (Å²) in [6.07, 6.45) is 4.90. The van der Waals surface area contributed by atoms with E-state index in [-0.39, 0.29) is 12.0 Å². The maximum Gasteiger partial charge on any atom is 0.275 e. The molecule has 0 spiro atoms. The van der Waals surface area contributed by atoms with E-state index in [0.717, 1.165) is 36.6 Å².